The summed E-state index contributed by atoms with van der Waals surface area (Å²) in [5, 5.41) is 11.0. The molecule has 0 spiro atoms. The summed E-state index contributed by atoms with van der Waals surface area (Å²) in [7, 11) is 1.53. The fourth-order valence-electron chi connectivity index (χ4n) is 2.79. The van der Waals surface area contributed by atoms with Crippen LogP contribution in [-0.4, -0.2) is 54.0 Å². The highest BCUT2D eigenvalue weighted by molar-refractivity contribution is 7.80. The van der Waals surface area contributed by atoms with E-state index in [0.29, 0.717) is 12.3 Å². The Kier molecular flexibility index (Phi) is 6.94. The summed E-state index contributed by atoms with van der Waals surface area (Å²) in [4.78, 5) is 26.2. The van der Waals surface area contributed by atoms with E-state index in [-0.39, 0.29) is 11.7 Å². The standard InChI is InChI=1S/C21H20N4O3S/c1-28-13-12-25-20(27)17(19(26)23-21(25)29)14-22-24-18(15-8-4-2-5-9-15)16-10-6-3-7-11-16/h2-11,14,17H,12-13H2,1H3,(H,23,26,29)/b22-14-/t17-/m0/s1. The molecule has 1 fully saturated rings. The van der Waals surface area contributed by atoms with Gasteiger partial charge in [-0.1, -0.05) is 60.7 Å². The number of rotatable bonds is 7. The first-order chi connectivity index (χ1) is 14.1. The monoisotopic (exact) mass is 408 g/mol. The van der Waals surface area contributed by atoms with Crippen LogP contribution in [0.2, 0.25) is 0 Å². The molecule has 0 aromatic heterocycles. The quantitative estimate of drug-likeness (QED) is 0.329. The number of benzene rings is 2. The average Bonchev–Trinajstić information content (AvgIpc) is 2.74. The van der Waals surface area contributed by atoms with Crippen LogP contribution in [0.15, 0.2) is 70.9 Å². The number of thiocarbonyl (C=S) groups is 1. The van der Waals surface area contributed by atoms with Crippen LogP contribution in [0.5, 0.6) is 0 Å². The van der Waals surface area contributed by atoms with Crippen LogP contribution in [0.3, 0.4) is 0 Å². The Morgan fingerprint density at radius 1 is 1.10 bits per heavy atom. The molecule has 0 aliphatic carbocycles. The Bertz CT molecular complexity index is 903. The van der Waals surface area contributed by atoms with Gasteiger partial charge < -0.3 is 10.1 Å². The molecule has 1 heterocycles. The van der Waals surface area contributed by atoms with Gasteiger partial charge in [0.1, 0.15) is 5.71 Å². The molecule has 7 nitrogen and oxygen atoms in total. The third kappa shape index (κ3) is 4.98. The van der Waals surface area contributed by atoms with Gasteiger partial charge in [-0.3, -0.25) is 14.5 Å². The molecule has 29 heavy (non-hydrogen) atoms. The van der Waals surface area contributed by atoms with E-state index in [9.17, 15) is 9.59 Å². The second-order valence-corrected chi connectivity index (χ2v) is 6.59. The van der Waals surface area contributed by atoms with Gasteiger partial charge >= 0.3 is 0 Å². The smallest absolute Gasteiger partial charge is 0.246 e. The van der Waals surface area contributed by atoms with Gasteiger partial charge in [-0.2, -0.15) is 10.2 Å². The van der Waals surface area contributed by atoms with Crippen molar-refractivity contribution in [2.45, 2.75) is 0 Å². The van der Waals surface area contributed by atoms with Gasteiger partial charge in [0, 0.05) is 24.5 Å². The van der Waals surface area contributed by atoms with Crippen LogP contribution < -0.4 is 5.32 Å². The summed E-state index contributed by atoms with van der Waals surface area (Å²) in [5.41, 5.74) is 2.38. The van der Waals surface area contributed by atoms with Crippen molar-refractivity contribution in [2.75, 3.05) is 20.3 Å². The topological polar surface area (TPSA) is 83.4 Å². The lowest BCUT2D eigenvalue weighted by Crippen LogP contribution is -2.58. The lowest BCUT2D eigenvalue weighted by molar-refractivity contribution is -0.138. The van der Waals surface area contributed by atoms with Crippen molar-refractivity contribution < 1.29 is 14.3 Å². The van der Waals surface area contributed by atoms with Crippen molar-refractivity contribution in [3.63, 3.8) is 0 Å². The number of hydrogen-bond acceptors (Lipinski definition) is 6. The van der Waals surface area contributed by atoms with Gasteiger partial charge in [0.25, 0.3) is 0 Å². The van der Waals surface area contributed by atoms with Gasteiger partial charge in [-0.25, -0.2) is 0 Å². The van der Waals surface area contributed by atoms with E-state index in [1.807, 2.05) is 60.7 Å². The van der Waals surface area contributed by atoms with Crippen LogP contribution in [-0.2, 0) is 14.3 Å². The van der Waals surface area contributed by atoms with Crippen molar-refractivity contribution in [3.8, 4) is 0 Å². The minimum Gasteiger partial charge on any atom is -0.383 e. The highest BCUT2D eigenvalue weighted by atomic mass is 32.1. The van der Waals surface area contributed by atoms with E-state index in [0.717, 1.165) is 11.1 Å². The highest BCUT2D eigenvalue weighted by Gasteiger charge is 2.37. The predicted molar refractivity (Wildman–Crippen MR) is 115 cm³/mol. The van der Waals surface area contributed by atoms with Gasteiger partial charge in [0.2, 0.25) is 11.8 Å². The normalized spacial score (nSPS) is 16.8. The third-order valence-corrected chi connectivity index (χ3v) is 4.60. The second-order valence-electron chi connectivity index (χ2n) is 6.20. The molecule has 1 saturated heterocycles. The lowest BCUT2D eigenvalue weighted by atomic mass is 10.0. The molecule has 2 aromatic rings. The fourth-order valence-corrected chi connectivity index (χ4v) is 3.07. The molecule has 1 N–H and O–H groups in total. The number of hydrogen-bond donors (Lipinski definition) is 1. The molecular weight excluding hydrogens is 388 g/mol. The van der Waals surface area contributed by atoms with E-state index in [1.165, 1.54) is 18.2 Å². The zero-order valence-corrected chi connectivity index (χ0v) is 16.6. The number of nitrogens with one attached hydrogen (secondary N) is 1. The van der Waals surface area contributed by atoms with Crippen molar-refractivity contribution >= 4 is 41.1 Å². The largest absolute Gasteiger partial charge is 0.383 e. The Balaban J connectivity index is 1.87. The number of amides is 2. The molecular formula is C21H20N4O3S. The Morgan fingerprint density at radius 2 is 1.69 bits per heavy atom. The first-order valence-corrected chi connectivity index (χ1v) is 9.39. The summed E-state index contributed by atoms with van der Waals surface area (Å²) >= 11 is 5.08. The Labute approximate surface area is 174 Å². The van der Waals surface area contributed by atoms with Crippen LogP contribution in [0.1, 0.15) is 11.1 Å². The second kappa shape index (κ2) is 9.81. The van der Waals surface area contributed by atoms with Gasteiger partial charge in [-0.05, 0) is 12.2 Å². The van der Waals surface area contributed by atoms with Gasteiger partial charge in [0.05, 0.1) is 13.2 Å². The molecule has 3 rings (SSSR count). The number of carbonyl (C=O) groups is 2. The lowest BCUT2D eigenvalue weighted by Gasteiger charge is -2.30. The van der Waals surface area contributed by atoms with E-state index >= 15 is 0 Å². The predicted octanol–water partition coefficient (Wildman–Crippen LogP) is 2.02. The molecule has 2 aromatic carbocycles. The maximum Gasteiger partial charge on any atom is 0.246 e. The molecule has 0 saturated carbocycles. The molecule has 0 radical (unpaired) electrons. The number of carbonyl (C=O) groups excluding carboxylic acids is 2. The SMILES string of the molecule is COCCN1C(=O)[C@@H](/C=N\N=C(c2ccccc2)c2ccccc2)C(=O)NC1=S. The summed E-state index contributed by atoms with van der Waals surface area (Å²) in [6, 6.07) is 19.1. The molecule has 8 heteroatoms. The Hall–Kier alpha value is -3.23. The maximum absolute atomic E-state index is 12.7. The summed E-state index contributed by atoms with van der Waals surface area (Å²) in [5.74, 6) is -2.07. The number of nitrogens with zero attached hydrogens (tertiary/aromatic N) is 3. The van der Waals surface area contributed by atoms with Crippen LogP contribution in [0.25, 0.3) is 0 Å². The van der Waals surface area contributed by atoms with E-state index in [1.54, 1.807) is 0 Å². The van der Waals surface area contributed by atoms with Crippen LogP contribution >= 0.6 is 12.2 Å². The van der Waals surface area contributed by atoms with Crippen molar-refractivity contribution in [3.05, 3.63) is 71.8 Å². The van der Waals surface area contributed by atoms with Crippen LogP contribution in [0, 0.1) is 5.92 Å². The van der Waals surface area contributed by atoms with E-state index < -0.39 is 17.7 Å². The van der Waals surface area contributed by atoms with Crippen molar-refractivity contribution in [2.24, 2.45) is 16.1 Å². The number of ether oxygens (including phenoxy) is 1. The maximum atomic E-state index is 12.7. The molecule has 2 amide bonds. The van der Waals surface area contributed by atoms with E-state index in [2.05, 4.69) is 15.5 Å². The first kappa shape index (κ1) is 20.5. The summed E-state index contributed by atoms with van der Waals surface area (Å²) in [6.07, 6.45) is 1.24. The third-order valence-electron chi connectivity index (χ3n) is 4.28. The highest BCUT2D eigenvalue weighted by Crippen LogP contribution is 2.12. The minimum absolute atomic E-state index is 0.0689. The van der Waals surface area contributed by atoms with Gasteiger partial charge in [-0.15, -0.1) is 0 Å². The molecule has 0 bridgehead atoms. The average molecular weight is 408 g/mol. The van der Waals surface area contributed by atoms with Crippen LogP contribution in [0.4, 0.5) is 0 Å². The molecule has 148 valence electrons. The first-order valence-electron chi connectivity index (χ1n) is 8.99. The summed E-state index contributed by atoms with van der Waals surface area (Å²) < 4.78 is 4.99. The van der Waals surface area contributed by atoms with E-state index in [4.69, 9.17) is 17.0 Å². The molecule has 1 atom stereocenters. The van der Waals surface area contributed by atoms with Gasteiger partial charge in [0.15, 0.2) is 11.0 Å². The molecule has 0 unspecified atom stereocenters. The molecule has 1 aliphatic rings. The number of methoxy groups -OCH3 is 1. The molecule has 1 aliphatic heterocycles. The zero-order chi connectivity index (χ0) is 20.6. The summed E-state index contributed by atoms with van der Waals surface area (Å²) in [6.45, 7) is 0.553. The van der Waals surface area contributed by atoms with Crippen molar-refractivity contribution in [1.82, 2.24) is 10.2 Å². The fraction of sp³-hybridized carbons (Fsp3) is 0.190. The Morgan fingerprint density at radius 3 is 2.24 bits per heavy atom. The zero-order valence-electron chi connectivity index (χ0n) is 15.8. The minimum atomic E-state index is -1.10. The van der Waals surface area contributed by atoms with Crippen molar-refractivity contribution in [1.29, 1.82) is 0 Å².